The first kappa shape index (κ1) is 12.7. The van der Waals surface area contributed by atoms with Crippen molar-refractivity contribution in [3.05, 3.63) is 44.6 Å². The zero-order chi connectivity index (χ0) is 12.4. The molecule has 5 heteroatoms. The van der Waals surface area contributed by atoms with Crippen LogP contribution >= 0.6 is 27.3 Å². The van der Waals surface area contributed by atoms with Crippen LogP contribution in [-0.2, 0) is 6.42 Å². The Morgan fingerprint density at radius 2 is 2.00 bits per heavy atom. The van der Waals surface area contributed by atoms with Gasteiger partial charge in [0, 0.05) is 29.0 Å². The molecule has 0 spiro atoms. The molecular weight excluding hydrogens is 310 g/mol. The molecule has 0 bridgehead atoms. The van der Waals surface area contributed by atoms with Crippen molar-refractivity contribution in [2.45, 2.75) is 6.42 Å². The van der Waals surface area contributed by atoms with Gasteiger partial charge in [0.05, 0.1) is 3.79 Å². The van der Waals surface area contributed by atoms with Crippen molar-refractivity contribution in [2.24, 2.45) is 0 Å². The van der Waals surface area contributed by atoms with E-state index in [9.17, 15) is 8.78 Å². The first-order chi connectivity index (χ1) is 8.13. The maximum atomic E-state index is 13.6. The lowest BCUT2D eigenvalue weighted by Crippen LogP contribution is -1.88. The van der Waals surface area contributed by atoms with Gasteiger partial charge in [-0.2, -0.15) is 0 Å². The number of halogens is 3. The maximum absolute atomic E-state index is 13.6. The summed E-state index contributed by atoms with van der Waals surface area (Å²) in [5.41, 5.74) is 0.854. The highest BCUT2D eigenvalue weighted by molar-refractivity contribution is 9.11. The normalized spacial score (nSPS) is 10.8. The molecule has 1 heterocycles. The van der Waals surface area contributed by atoms with Crippen molar-refractivity contribution in [3.63, 3.8) is 0 Å². The average Bonchev–Trinajstić information content (AvgIpc) is 2.64. The number of aliphatic hydroxyl groups is 1. The van der Waals surface area contributed by atoms with E-state index in [4.69, 9.17) is 5.11 Å². The van der Waals surface area contributed by atoms with Gasteiger partial charge >= 0.3 is 0 Å². The molecule has 0 radical (unpaired) electrons. The van der Waals surface area contributed by atoms with Crippen molar-refractivity contribution in [2.75, 3.05) is 6.61 Å². The van der Waals surface area contributed by atoms with Crippen molar-refractivity contribution in [1.82, 2.24) is 0 Å². The summed E-state index contributed by atoms with van der Waals surface area (Å²) < 4.78 is 27.5. The van der Waals surface area contributed by atoms with E-state index in [0.717, 1.165) is 14.7 Å². The third-order valence-corrected chi connectivity index (χ3v) is 4.23. The molecule has 0 saturated carbocycles. The Labute approximate surface area is 110 Å². The Morgan fingerprint density at radius 3 is 2.71 bits per heavy atom. The molecule has 90 valence electrons. The fourth-order valence-electron chi connectivity index (χ4n) is 1.55. The average molecular weight is 319 g/mol. The minimum Gasteiger partial charge on any atom is -0.396 e. The van der Waals surface area contributed by atoms with Gasteiger partial charge in [0.1, 0.15) is 0 Å². The second kappa shape index (κ2) is 5.25. The van der Waals surface area contributed by atoms with Crippen LogP contribution in [0.25, 0.3) is 11.1 Å². The van der Waals surface area contributed by atoms with Gasteiger partial charge in [-0.15, -0.1) is 11.3 Å². The Hall–Kier alpha value is -0.780. The lowest BCUT2D eigenvalue weighted by Gasteiger charge is -2.01. The van der Waals surface area contributed by atoms with Crippen LogP contribution in [0.15, 0.2) is 28.1 Å². The second-order valence-electron chi connectivity index (χ2n) is 3.48. The number of rotatable bonds is 3. The van der Waals surface area contributed by atoms with Crippen LogP contribution in [0.2, 0.25) is 0 Å². The standard InChI is InChI=1S/C12H9BrF2OS/c13-12-9(6-7(17-12)4-5-16)8-2-1-3-10(14)11(8)15/h1-3,6,16H,4-5H2. The van der Waals surface area contributed by atoms with Crippen LogP contribution in [0.1, 0.15) is 4.88 Å². The predicted molar refractivity (Wildman–Crippen MR) is 68.2 cm³/mol. The van der Waals surface area contributed by atoms with Gasteiger partial charge in [-0.1, -0.05) is 12.1 Å². The van der Waals surface area contributed by atoms with Gasteiger partial charge in [0.15, 0.2) is 11.6 Å². The maximum Gasteiger partial charge on any atom is 0.166 e. The van der Waals surface area contributed by atoms with E-state index < -0.39 is 11.6 Å². The molecule has 0 aliphatic carbocycles. The molecule has 0 aliphatic heterocycles. The van der Waals surface area contributed by atoms with Crippen LogP contribution in [0, 0.1) is 11.6 Å². The minimum absolute atomic E-state index is 0.0397. The number of thiophene rings is 1. The highest BCUT2D eigenvalue weighted by atomic mass is 79.9. The van der Waals surface area contributed by atoms with E-state index in [0.29, 0.717) is 12.0 Å². The highest BCUT2D eigenvalue weighted by Crippen LogP contribution is 2.37. The molecule has 0 saturated heterocycles. The van der Waals surface area contributed by atoms with E-state index in [1.54, 1.807) is 6.07 Å². The molecule has 0 atom stereocenters. The number of hydrogen-bond acceptors (Lipinski definition) is 2. The second-order valence-corrected chi connectivity index (χ2v) is 5.93. The van der Waals surface area contributed by atoms with Crippen molar-refractivity contribution in [3.8, 4) is 11.1 Å². The summed E-state index contributed by atoms with van der Waals surface area (Å²) in [7, 11) is 0. The summed E-state index contributed by atoms with van der Waals surface area (Å²) in [5.74, 6) is -1.70. The van der Waals surface area contributed by atoms with Crippen molar-refractivity contribution >= 4 is 27.3 Å². The smallest absolute Gasteiger partial charge is 0.166 e. The molecule has 2 aromatic rings. The third-order valence-electron chi connectivity index (χ3n) is 2.34. The molecule has 0 amide bonds. The zero-order valence-corrected chi connectivity index (χ0v) is 11.1. The lowest BCUT2D eigenvalue weighted by atomic mass is 10.1. The van der Waals surface area contributed by atoms with Crippen LogP contribution in [0.3, 0.4) is 0 Å². The largest absolute Gasteiger partial charge is 0.396 e. The highest BCUT2D eigenvalue weighted by Gasteiger charge is 2.15. The van der Waals surface area contributed by atoms with E-state index in [1.165, 1.54) is 23.5 Å². The summed E-state index contributed by atoms with van der Waals surface area (Å²) in [6, 6.07) is 5.87. The molecule has 0 unspecified atom stereocenters. The van der Waals surface area contributed by atoms with Crippen LogP contribution in [0.4, 0.5) is 8.78 Å². The first-order valence-corrected chi connectivity index (χ1v) is 6.58. The number of aliphatic hydroxyl groups excluding tert-OH is 1. The molecule has 1 aromatic carbocycles. The molecular formula is C12H9BrF2OS. The van der Waals surface area contributed by atoms with Crippen LogP contribution in [-0.4, -0.2) is 11.7 Å². The zero-order valence-electron chi connectivity index (χ0n) is 8.71. The summed E-state index contributed by atoms with van der Waals surface area (Å²) in [5, 5.41) is 8.85. The summed E-state index contributed by atoms with van der Waals surface area (Å²) >= 11 is 4.75. The number of benzene rings is 1. The Kier molecular flexibility index (Phi) is 3.91. The van der Waals surface area contributed by atoms with Gasteiger partial charge in [-0.3, -0.25) is 0 Å². The van der Waals surface area contributed by atoms with Crippen molar-refractivity contribution < 1.29 is 13.9 Å². The van der Waals surface area contributed by atoms with Gasteiger partial charge in [0.2, 0.25) is 0 Å². The Morgan fingerprint density at radius 1 is 1.24 bits per heavy atom. The SMILES string of the molecule is OCCc1cc(-c2cccc(F)c2F)c(Br)s1. The summed E-state index contributed by atoms with van der Waals surface area (Å²) in [6.07, 6.45) is 0.514. The van der Waals surface area contributed by atoms with E-state index >= 15 is 0 Å². The Bertz CT molecular complexity index is 539. The monoisotopic (exact) mass is 318 g/mol. The minimum atomic E-state index is -0.857. The molecule has 2 rings (SSSR count). The topological polar surface area (TPSA) is 20.2 Å². The van der Waals surface area contributed by atoms with Crippen LogP contribution in [0.5, 0.6) is 0 Å². The van der Waals surface area contributed by atoms with Gasteiger partial charge in [-0.25, -0.2) is 8.78 Å². The molecule has 17 heavy (non-hydrogen) atoms. The number of hydrogen-bond donors (Lipinski definition) is 1. The van der Waals surface area contributed by atoms with Crippen LogP contribution < -0.4 is 0 Å². The molecule has 0 fully saturated rings. The fraction of sp³-hybridized carbons (Fsp3) is 0.167. The predicted octanol–water partition coefficient (Wildman–Crippen LogP) is 3.99. The molecule has 0 aliphatic rings. The fourth-order valence-corrected chi connectivity index (χ4v) is 3.38. The van der Waals surface area contributed by atoms with Gasteiger partial charge in [0.25, 0.3) is 0 Å². The summed E-state index contributed by atoms with van der Waals surface area (Å²) in [6.45, 7) is 0.0397. The lowest BCUT2D eigenvalue weighted by molar-refractivity contribution is 0.300. The summed E-state index contributed by atoms with van der Waals surface area (Å²) in [4.78, 5) is 0.929. The van der Waals surface area contributed by atoms with Gasteiger partial charge < -0.3 is 5.11 Å². The quantitative estimate of drug-likeness (QED) is 0.907. The first-order valence-electron chi connectivity index (χ1n) is 4.97. The third kappa shape index (κ3) is 2.56. The van der Waals surface area contributed by atoms with E-state index in [2.05, 4.69) is 15.9 Å². The van der Waals surface area contributed by atoms with Crippen molar-refractivity contribution in [1.29, 1.82) is 0 Å². The van der Waals surface area contributed by atoms with Gasteiger partial charge in [-0.05, 0) is 28.1 Å². The van der Waals surface area contributed by atoms with E-state index in [-0.39, 0.29) is 12.2 Å². The molecule has 1 N–H and O–H groups in total. The molecule has 1 aromatic heterocycles. The van der Waals surface area contributed by atoms with E-state index in [1.807, 2.05) is 0 Å². The Balaban J connectivity index is 2.49. The molecule has 1 nitrogen and oxygen atoms in total.